The van der Waals surface area contributed by atoms with E-state index in [1.165, 1.54) is 19.3 Å². The normalized spacial score (nSPS) is 28.6. The summed E-state index contributed by atoms with van der Waals surface area (Å²) in [5, 5.41) is 6.21. The number of hydrogen-bond acceptors (Lipinski definition) is 5. The molecule has 2 heterocycles. The van der Waals surface area contributed by atoms with Crippen LogP contribution < -0.4 is 10.6 Å². The molecule has 2 aliphatic heterocycles. The summed E-state index contributed by atoms with van der Waals surface area (Å²) in [6.07, 6.45) is 6.74. The van der Waals surface area contributed by atoms with Gasteiger partial charge in [-0.05, 0) is 37.4 Å². The van der Waals surface area contributed by atoms with Crippen LogP contribution in [0, 0.1) is 11.8 Å². The lowest BCUT2D eigenvalue weighted by atomic mass is 9.78. The maximum atomic E-state index is 13.6. The second-order valence-electron chi connectivity index (χ2n) is 8.60. The topological polar surface area (TPSA) is 84.5 Å². The number of hydrogen-bond donors (Lipinski definition) is 2. The average molecular weight is 399 g/mol. The van der Waals surface area contributed by atoms with Crippen molar-refractivity contribution in [2.75, 3.05) is 13.2 Å². The van der Waals surface area contributed by atoms with E-state index >= 15 is 0 Å². The van der Waals surface area contributed by atoms with Gasteiger partial charge in [0.2, 0.25) is 0 Å². The molecule has 0 radical (unpaired) electrons. The predicted molar refractivity (Wildman–Crippen MR) is 109 cm³/mol. The molecule has 1 aromatic carbocycles. The van der Waals surface area contributed by atoms with Crippen molar-refractivity contribution in [3.8, 4) is 0 Å². The van der Waals surface area contributed by atoms with Crippen LogP contribution in [0.25, 0.3) is 0 Å². The Morgan fingerprint density at radius 2 is 1.86 bits per heavy atom. The molecule has 1 amide bonds. The van der Waals surface area contributed by atoms with Crippen LogP contribution >= 0.6 is 0 Å². The first kappa shape index (κ1) is 20.2. The monoisotopic (exact) mass is 398 g/mol. The van der Waals surface area contributed by atoms with E-state index in [4.69, 9.17) is 4.74 Å². The zero-order valence-corrected chi connectivity index (χ0v) is 16.8. The first-order chi connectivity index (χ1) is 14.1. The Kier molecular flexibility index (Phi) is 6.40. The molecule has 0 spiro atoms. The zero-order valence-electron chi connectivity index (χ0n) is 16.8. The van der Waals surface area contributed by atoms with Crippen molar-refractivity contribution in [2.45, 2.75) is 63.1 Å². The second-order valence-corrected chi connectivity index (χ2v) is 8.60. The molecule has 1 saturated carbocycles. The number of carbonyl (C=O) groups excluding carboxylic acids is 3. The predicted octanol–water partition coefficient (Wildman–Crippen LogP) is 2.27. The first-order valence-electron chi connectivity index (χ1n) is 10.9. The third-order valence-corrected chi connectivity index (χ3v) is 6.65. The Labute approximate surface area is 171 Å². The minimum atomic E-state index is -0.533. The average Bonchev–Trinajstić information content (AvgIpc) is 3.15. The Balaban J connectivity index is 1.51. The van der Waals surface area contributed by atoms with Crippen molar-refractivity contribution >= 4 is 17.5 Å². The maximum absolute atomic E-state index is 13.6. The Morgan fingerprint density at radius 3 is 2.62 bits per heavy atom. The number of ketones is 2. The van der Waals surface area contributed by atoms with Gasteiger partial charge in [0.1, 0.15) is 6.61 Å². The summed E-state index contributed by atoms with van der Waals surface area (Å²) in [6, 6.07) is 8.11. The van der Waals surface area contributed by atoms with Crippen LogP contribution in [0.4, 0.5) is 0 Å². The van der Waals surface area contributed by atoms with Crippen molar-refractivity contribution in [3.05, 3.63) is 35.9 Å². The van der Waals surface area contributed by atoms with E-state index in [2.05, 4.69) is 10.6 Å². The lowest BCUT2D eigenvalue weighted by molar-refractivity contribution is -0.131. The molecular formula is C23H30N2O4. The van der Waals surface area contributed by atoms with Crippen molar-refractivity contribution in [1.82, 2.24) is 10.6 Å². The molecule has 3 fully saturated rings. The van der Waals surface area contributed by atoms with Gasteiger partial charge >= 0.3 is 0 Å². The first-order valence-corrected chi connectivity index (χ1v) is 10.9. The summed E-state index contributed by atoms with van der Waals surface area (Å²) < 4.78 is 5.69. The molecule has 6 nitrogen and oxygen atoms in total. The molecule has 0 bridgehead atoms. The van der Waals surface area contributed by atoms with E-state index in [-0.39, 0.29) is 30.0 Å². The van der Waals surface area contributed by atoms with Crippen molar-refractivity contribution < 1.29 is 19.1 Å². The molecule has 6 heteroatoms. The fraction of sp³-hybridized carbons (Fsp3) is 0.609. The van der Waals surface area contributed by atoms with E-state index in [0.29, 0.717) is 30.9 Å². The second kappa shape index (κ2) is 9.18. The number of rotatable bonds is 6. The molecule has 1 aromatic rings. The summed E-state index contributed by atoms with van der Waals surface area (Å²) in [5.74, 6) is -0.0702. The Hall–Kier alpha value is -2.05. The van der Waals surface area contributed by atoms with Gasteiger partial charge in [0.05, 0.1) is 18.2 Å². The third-order valence-electron chi connectivity index (χ3n) is 6.65. The number of piperidine rings is 1. The van der Waals surface area contributed by atoms with Gasteiger partial charge in [0.15, 0.2) is 11.6 Å². The van der Waals surface area contributed by atoms with E-state index < -0.39 is 18.2 Å². The van der Waals surface area contributed by atoms with Gasteiger partial charge in [-0.25, -0.2) is 0 Å². The van der Waals surface area contributed by atoms with Gasteiger partial charge in [-0.1, -0.05) is 50.3 Å². The maximum Gasteiger partial charge on any atom is 0.251 e. The Morgan fingerprint density at radius 1 is 1.10 bits per heavy atom. The number of amides is 1. The number of ether oxygens (including phenoxy) is 1. The molecule has 156 valence electrons. The lowest BCUT2D eigenvalue weighted by Crippen LogP contribution is -2.56. The summed E-state index contributed by atoms with van der Waals surface area (Å²) in [6.45, 7) is 0.686. The van der Waals surface area contributed by atoms with Crippen LogP contribution in [0.15, 0.2) is 30.3 Å². The molecule has 29 heavy (non-hydrogen) atoms. The zero-order chi connectivity index (χ0) is 20.2. The van der Waals surface area contributed by atoms with Crippen LogP contribution in [-0.2, 0) is 14.3 Å². The van der Waals surface area contributed by atoms with Crippen molar-refractivity contribution in [2.24, 2.45) is 11.8 Å². The van der Waals surface area contributed by atoms with Crippen molar-refractivity contribution in [3.63, 3.8) is 0 Å². The molecule has 0 aromatic heterocycles. The fourth-order valence-corrected chi connectivity index (χ4v) is 5.08. The Bertz CT molecular complexity index is 745. The summed E-state index contributed by atoms with van der Waals surface area (Å²) in [4.78, 5) is 38.4. The summed E-state index contributed by atoms with van der Waals surface area (Å²) >= 11 is 0. The van der Waals surface area contributed by atoms with E-state index in [1.54, 1.807) is 12.1 Å². The molecular weight excluding hydrogens is 368 g/mol. The lowest BCUT2D eigenvalue weighted by Gasteiger charge is -2.35. The smallest absolute Gasteiger partial charge is 0.251 e. The third kappa shape index (κ3) is 4.59. The molecule has 2 saturated heterocycles. The van der Waals surface area contributed by atoms with E-state index in [9.17, 15) is 14.4 Å². The molecule has 4 atom stereocenters. The number of Topliss-reactive ketones (excluding diaryl/α,β-unsaturated/α-hetero) is 2. The highest BCUT2D eigenvalue weighted by Gasteiger charge is 2.47. The van der Waals surface area contributed by atoms with Crippen LogP contribution in [-0.4, -0.2) is 48.8 Å². The van der Waals surface area contributed by atoms with E-state index in [1.807, 2.05) is 18.2 Å². The highest BCUT2D eigenvalue weighted by atomic mass is 16.5. The summed E-state index contributed by atoms with van der Waals surface area (Å²) in [7, 11) is 0. The number of nitrogens with one attached hydrogen (secondary N) is 2. The summed E-state index contributed by atoms with van der Waals surface area (Å²) in [5.41, 5.74) is 0.560. The molecule has 3 unspecified atom stereocenters. The SMILES string of the molecule is O=C(N[C@@H](CC1CCCCC1)C(=O)C1CCNC2C(=O)COC12)c1ccccc1. The van der Waals surface area contributed by atoms with Crippen LogP contribution in [0.1, 0.15) is 55.3 Å². The van der Waals surface area contributed by atoms with Gasteiger partial charge in [0, 0.05) is 11.5 Å². The number of benzene rings is 1. The highest BCUT2D eigenvalue weighted by molar-refractivity contribution is 5.99. The largest absolute Gasteiger partial charge is 0.368 e. The van der Waals surface area contributed by atoms with Gasteiger partial charge in [-0.3, -0.25) is 14.4 Å². The van der Waals surface area contributed by atoms with Crippen molar-refractivity contribution in [1.29, 1.82) is 0 Å². The minimum Gasteiger partial charge on any atom is -0.368 e. The molecule has 2 N–H and O–H groups in total. The molecule has 4 rings (SSSR count). The van der Waals surface area contributed by atoms with Gasteiger partial charge in [0.25, 0.3) is 5.91 Å². The van der Waals surface area contributed by atoms with E-state index in [0.717, 1.165) is 12.8 Å². The number of carbonyl (C=O) groups is 3. The quantitative estimate of drug-likeness (QED) is 0.768. The standard InChI is InChI=1S/C23H30N2O4/c26-19-14-29-22-17(11-12-24-20(19)22)21(27)18(13-15-7-3-1-4-8-15)25-23(28)16-9-5-2-6-10-16/h2,5-6,9-10,15,17-18,20,22,24H,1,3-4,7-8,11-14H2,(H,25,28)/t17?,18-,20?,22?/m0/s1. The molecule has 3 aliphatic rings. The highest BCUT2D eigenvalue weighted by Crippen LogP contribution is 2.31. The van der Waals surface area contributed by atoms with Gasteiger partial charge in [-0.2, -0.15) is 0 Å². The molecule has 1 aliphatic carbocycles. The van der Waals surface area contributed by atoms with Crippen LogP contribution in [0.5, 0.6) is 0 Å². The number of fused-ring (bicyclic) bond motifs is 1. The van der Waals surface area contributed by atoms with Crippen LogP contribution in [0.3, 0.4) is 0 Å². The van der Waals surface area contributed by atoms with Gasteiger partial charge in [-0.15, -0.1) is 0 Å². The fourth-order valence-electron chi connectivity index (χ4n) is 5.08. The van der Waals surface area contributed by atoms with Gasteiger partial charge < -0.3 is 15.4 Å². The van der Waals surface area contributed by atoms with Crippen LogP contribution in [0.2, 0.25) is 0 Å². The minimum absolute atomic E-state index is 0.0182.